The molecule has 1 aromatic carbocycles. The van der Waals surface area contributed by atoms with Crippen LogP contribution in [-0.4, -0.2) is 16.7 Å². The topological polar surface area (TPSA) is 78.7 Å². The third kappa shape index (κ3) is 4.72. The summed E-state index contributed by atoms with van der Waals surface area (Å²) in [6, 6.07) is 5.82. The lowest BCUT2D eigenvalue weighted by Crippen LogP contribution is -2.25. The van der Waals surface area contributed by atoms with Gasteiger partial charge in [-0.1, -0.05) is 18.7 Å². The number of nitro benzene ring substituents is 1. The van der Waals surface area contributed by atoms with Crippen molar-refractivity contribution < 1.29 is 19.2 Å². The molecule has 0 N–H and O–H groups in total. The first-order chi connectivity index (χ1) is 9.23. The Labute approximate surface area is 117 Å². The van der Waals surface area contributed by atoms with Crippen molar-refractivity contribution in [2.75, 3.05) is 0 Å². The number of carbonyl (C=O) groups is 1. The molecule has 1 aromatic rings. The molecule has 6 nitrogen and oxygen atoms in total. The summed E-state index contributed by atoms with van der Waals surface area (Å²) in [6.07, 6.45) is -0.276. The Bertz CT molecular complexity index is 519. The Kier molecular flexibility index (Phi) is 4.85. The average Bonchev–Trinajstić information content (AvgIpc) is 2.34. The number of nitrogens with zero attached hydrogens (tertiary/aromatic N) is 1. The molecule has 6 heteroatoms. The van der Waals surface area contributed by atoms with Gasteiger partial charge in [0.15, 0.2) is 0 Å². The van der Waals surface area contributed by atoms with Gasteiger partial charge in [-0.2, -0.15) is 0 Å². The van der Waals surface area contributed by atoms with Gasteiger partial charge in [0, 0.05) is 17.7 Å². The minimum atomic E-state index is -0.853. The van der Waals surface area contributed by atoms with Crippen LogP contribution in [-0.2, 0) is 9.47 Å². The lowest BCUT2D eigenvalue weighted by molar-refractivity contribution is -0.385. The van der Waals surface area contributed by atoms with Crippen molar-refractivity contribution in [2.24, 2.45) is 0 Å². The molecule has 0 saturated heterocycles. The zero-order chi connectivity index (χ0) is 15.3. The minimum absolute atomic E-state index is 0.0814. The monoisotopic (exact) mass is 279 g/mol. The molecule has 20 heavy (non-hydrogen) atoms. The van der Waals surface area contributed by atoms with Crippen molar-refractivity contribution in [2.45, 2.75) is 32.5 Å². The third-order valence-electron chi connectivity index (χ3n) is 2.24. The summed E-state index contributed by atoms with van der Waals surface area (Å²) in [5.41, 5.74) is -0.298. The van der Waals surface area contributed by atoms with Crippen LogP contribution in [0.2, 0.25) is 0 Å². The van der Waals surface area contributed by atoms with E-state index in [1.54, 1.807) is 26.8 Å². The van der Waals surface area contributed by atoms with Crippen LogP contribution in [0.1, 0.15) is 32.4 Å². The second kappa shape index (κ2) is 6.18. The summed E-state index contributed by atoms with van der Waals surface area (Å²) in [4.78, 5) is 21.8. The molecule has 1 atom stereocenters. The van der Waals surface area contributed by atoms with Crippen molar-refractivity contribution in [3.63, 3.8) is 0 Å². The fourth-order valence-corrected chi connectivity index (χ4v) is 1.45. The van der Waals surface area contributed by atoms with Crippen LogP contribution >= 0.6 is 0 Å². The number of hydrogen-bond acceptors (Lipinski definition) is 5. The second-order valence-corrected chi connectivity index (χ2v) is 5.09. The van der Waals surface area contributed by atoms with Gasteiger partial charge in [0.1, 0.15) is 11.7 Å². The van der Waals surface area contributed by atoms with Crippen molar-refractivity contribution >= 4 is 11.8 Å². The molecule has 0 fully saturated rings. The molecule has 0 aliphatic carbocycles. The van der Waals surface area contributed by atoms with Crippen LogP contribution in [0.3, 0.4) is 0 Å². The molecular formula is C14H17NO5. The number of carbonyl (C=O) groups excluding carboxylic acids is 1. The molecule has 1 rings (SSSR count). The van der Waals surface area contributed by atoms with E-state index in [-0.39, 0.29) is 5.69 Å². The fraction of sp³-hybridized carbons (Fsp3) is 0.357. The fourth-order valence-electron chi connectivity index (χ4n) is 1.45. The number of benzene rings is 1. The standard InChI is InChI=1S/C14H17NO5/c1-5-12(19-13(16)20-14(2,3)4)10-7-6-8-11(9-10)15(17)18/h5-9,12H,1H2,2-4H3. The number of non-ortho nitro benzene ring substituents is 1. The van der Waals surface area contributed by atoms with Crippen LogP contribution in [0.4, 0.5) is 10.5 Å². The molecule has 0 bridgehead atoms. The van der Waals surface area contributed by atoms with E-state index in [4.69, 9.17) is 9.47 Å². The van der Waals surface area contributed by atoms with Gasteiger partial charge in [-0.05, 0) is 26.8 Å². The van der Waals surface area contributed by atoms with E-state index in [1.165, 1.54) is 24.3 Å². The molecule has 0 spiro atoms. The SMILES string of the molecule is C=CC(OC(=O)OC(C)(C)C)c1cccc([N+](=O)[O-])c1. The van der Waals surface area contributed by atoms with E-state index in [0.29, 0.717) is 5.56 Å². The summed E-state index contributed by atoms with van der Waals surface area (Å²) in [7, 11) is 0. The van der Waals surface area contributed by atoms with Crippen molar-refractivity contribution in [1.29, 1.82) is 0 Å². The Morgan fingerprint density at radius 1 is 1.45 bits per heavy atom. The summed E-state index contributed by atoms with van der Waals surface area (Å²) >= 11 is 0. The highest BCUT2D eigenvalue weighted by Crippen LogP contribution is 2.24. The van der Waals surface area contributed by atoms with Crippen LogP contribution in [0.5, 0.6) is 0 Å². The van der Waals surface area contributed by atoms with Gasteiger partial charge in [-0.15, -0.1) is 0 Å². The lowest BCUT2D eigenvalue weighted by atomic mass is 10.1. The molecule has 0 aliphatic rings. The highest BCUT2D eigenvalue weighted by Gasteiger charge is 2.21. The number of rotatable bonds is 4. The summed E-state index contributed by atoms with van der Waals surface area (Å²) in [6.45, 7) is 8.70. The normalized spacial score (nSPS) is 12.3. The number of ether oxygens (including phenoxy) is 2. The van der Waals surface area contributed by atoms with Crippen LogP contribution < -0.4 is 0 Å². The van der Waals surface area contributed by atoms with Gasteiger partial charge in [0.05, 0.1) is 4.92 Å². The average molecular weight is 279 g/mol. The van der Waals surface area contributed by atoms with E-state index in [9.17, 15) is 14.9 Å². The first-order valence-electron chi connectivity index (χ1n) is 5.99. The molecule has 0 radical (unpaired) electrons. The zero-order valence-corrected chi connectivity index (χ0v) is 11.7. The molecule has 0 saturated carbocycles. The summed E-state index contributed by atoms with van der Waals surface area (Å²) in [5, 5.41) is 10.7. The molecule has 0 amide bonds. The first kappa shape index (κ1) is 15.7. The largest absolute Gasteiger partial charge is 0.509 e. The Balaban J connectivity index is 2.86. The molecule has 108 valence electrons. The van der Waals surface area contributed by atoms with E-state index in [2.05, 4.69) is 6.58 Å². The molecule has 0 heterocycles. The predicted octanol–water partition coefficient (Wildman–Crippen LogP) is 3.77. The van der Waals surface area contributed by atoms with Crippen LogP contribution in [0, 0.1) is 10.1 Å². The quantitative estimate of drug-likeness (QED) is 0.363. The van der Waals surface area contributed by atoms with Crippen LogP contribution in [0.25, 0.3) is 0 Å². The predicted molar refractivity (Wildman–Crippen MR) is 73.4 cm³/mol. The molecule has 0 aliphatic heterocycles. The van der Waals surface area contributed by atoms with Gasteiger partial charge in [-0.25, -0.2) is 4.79 Å². The maximum atomic E-state index is 11.6. The minimum Gasteiger partial charge on any atom is -0.429 e. The molecule has 0 aromatic heterocycles. The Morgan fingerprint density at radius 3 is 2.60 bits per heavy atom. The van der Waals surface area contributed by atoms with E-state index < -0.39 is 22.8 Å². The smallest absolute Gasteiger partial charge is 0.429 e. The molecular weight excluding hydrogens is 262 g/mol. The zero-order valence-electron chi connectivity index (χ0n) is 11.7. The van der Waals surface area contributed by atoms with E-state index in [0.717, 1.165) is 0 Å². The lowest BCUT2D eigenvalue weighted by Gasteiger charge is -2.21. The van der Waals surface area contributed by atoms with Crippen molar-refractivity contribution in [1.82, 2.24) is 0 Å². The second-order valence-electron chi connectivity index (χ2n) is 5.09. The van der Waals surface area contributed by atoms with Crippen molar-refractivity contribution in [3.05, 3.63) is 52.6 Å². The number of nitro groups is 1. The van der Waals surface area contributed by atoms with E-state index in [1.807, 2.05) is 0 Å². The number of hydrogen-bond donors (Lipinski definition) is 0. The van der Waals surface area contributed by atoms with Gasteiger partial charge in [0.2, 0.25) is 0 Å². The Morgan fingerprint density at radius 2 is 2.10 bits per heavy atom. The highest BCUT2D eigenvalue weighted by atomic mass is 16.7. The van der Waals surface area contributed by atoms with Crippen molar-refractivity contribution in [3.8, 4) is 0 Å². The maximum Gasteiger partial charge on any atom is 0.509 e. The van der Waals surface area contributed by atoms with Gasteiger partial charge < -0.3 is 9.47 Å². The first-order valence-corrected chi connectivity index (χ1v) is 5.99. The van der Waals surface area contributed by atoms with Gasteiger partial charge >= 0.3 is 6.16 Å². The third-order valence-corrected chi connectivity index (χ3v) is 2.24. The van der Waals surface area contributed by atoms with Gasteiger partial charge in [-0.3, -0.25) is 10.1 Å². The summed E-state index contributed by atoms with van der Waals surface area (Å²) in [5.74, 6) is 0. The maximum absolute atomic E-state index is 11.6. The highest BCUT2D eigenvalue weighted by molar-refractivity contribution is 5.61. The summed E-state index contributed by atoms with van der Waals surface area (Å²) < 4.78 is 10.1. The van der Waals surface area contributed by atoms with E-state index >= 15 is 0 Å². The van der Waals surface area contributed by atoms with Gasteiger partial charge in [0.25, 0.3) is 5.69 Å². The Hall–Kier alpha value is -2.37. The van der Waals surface area contributed by atoms with Crippen LogP contribution in [0.15, 0.2) is 36.9 Å². The molecule has 1 unspecified atom stereocenters.